The van der Waals surface area contributed by atoms with Crippen LogP contribution in [0.15, 0.2) is 59.5 Å². The topological polar surface area (TPSA) is 87.7 Å². The van der Waals surface area contributed by atoms with Gasteiger partial charge in [0.1, 0.15) is 5.75 Å². The fourth-order valence-corrected chi connectivity index (χ4v) is 4.90. The van der Waals surface area contributed by atoms with E-state index >= 15 is 0 Å². The van der Waals surface area contributed by atoms with Crippen molar-refractivity contribution in [1.29, 1.82) is 0 Å². The molecule has 0 aliphatic carbocycles. The molecule has 0 atom stereocenters. The van der Waals surface area contributed by atoms with Crippen molar-refractivity contribution in [3.8, 4) is 5.75 Å². The third-order valence-corrected chi connectivity index (χ3v) is 6.96. The zero-order valence-corrected chi connectivity index (χ0v) is 18.8. The number of piperidine rings is 1. The predicted octanol–water partition coefficient (Wildman–Crippen LogP) is 3.40. The molecule has 1 amide bonds. The Bertz CT molecular complexity index is 1040. The van der Waals surface area contributed by atoms with Crippen molar-refractivity contribution in [3.05, 3.63) is 60.2 Å². The van der Waals surface area contributed by atoms with Gasteiger partial charge in [0, 0.05) is 24.9 Å². The molecule has 0 unspecified atom stereocenters. The predicted molar refractivity (Wildman–Crippen MR) is 125 cm³/mol. The molecule has 3 rings (SSSR count). The van der Waals surface area contributed by atoms with Gasteiger partial charge in [-0.2, -0.15) is 4.31 Å². The number of rotatable bonds is 6. The van der Waals surface area contributed by atoms with Gasteiger partial charge in [-0.1, -0.05) is 18.6 Å². The van der Waals surface area contributed by atoms with E-state index in [1.165, 1.54) is 10.4 Å². The van der Waals surface area contributed by atoms with E-state index < -0.39 is 10.0 Å². The smallest absolute Gasteiger partial charge is 0.250 e. The minimum absolute atomic E-state index is 0.121. The van der Waals surface area contributed by atoms with Gasteiger partial charge in [0.05, 0.1) is 12.0 Å². The summed E-state index contributed by atoms with van der Waals surface area (Å²) in [5.41, 5.74) is 1.43. The summed E-state index contributed by atoms with van der Waals surface area (Å²) in [6.07, 6.45) is 5.88. The molecule has 2 N–H and O–H groups in total. The summed E-state index contributed by atoms with van der Waals surface area (Å²) >= 11 is 5.16. The fourth-order valence-electron chi connectivity index (χ4n) is 3.17. The lowest BCUT2D eigenvalue weighted by Gasteiger charge is -2.25. The summed E-state index contributed by atoms with van der Waals surface area (Å²) in [4.78, 5) is 12.3. The molecule has 0 spiro atoms. The van der Waals surface area contributed by atoms with E-state index in [0.717, 1.165) is 30.6 Å². The first-order valence-corrected chi connectivity index (χ1v) is 11.8. The number of carbonyl (C=O) groups excluding carboxylic acids is 1. The molecule has 0 radical (unpaired) electrons. The standard InChI is InChI=1S/C22H25N3O4S2/c1-29-19-10-5-17(6-11-19)7-14-21(26)24-22(30)23-18-8-12-20(13-9-18)31(27,28)25-15-3-2-4-16-25/h5-14H,2-4,15-16H2,1H3,(H2,23,24,26,30). The van der Waals surface area contributed by atoms with Gasteiger partial charge < -0.3 is 10.1 Å². The van der Waals surface area contributed by atoms with E-state index in [1.807, 2.05) is 12.1 Å². The minimum Gasteiger partial charge on any atom is -0.497 e. The van der Waals surface area contributed by atoms with Crippen LogP contribution in [0.2, 0.25) is 0 Å². The number of hydrogen-bond donors (Lipinski definition) is 2. The molecular weight excluding hydrogens is 434 g/mol. The molecule has 1 aliphatic rings. The van der Waals surface area contributed by atoms with Gasteiger partial charge in [-0.15, -0.1) is 0 Å². The number of nitrogens with one attached hydrogen (secondary N) is 2. The SMILES string of the molecule is COc1ccc(C=CC(=O)NC(=S)Nc2ccc(S(=O)(=O)N3CCCCC3)cc2)cc1. The van der Waals surface area contributed by atoms with Crippen molar-refractivity contribution in [3.63, 3.8) is 0 Å². The third kappa shape index (κ3) is 6.36. The highest BCUT2D eigenvalue weighted by Crippen LogP contribution is 2.22. The van der Waals surface area contributed by atoms with Crippen LogP contribution < -0.4 is 15.4 Å². The van der Waals surface area contributed by atoms with Crippen LogP contribution in [0.5, 0.6) is 5.75 Å². The van der Waals surface area contributed by atoms with Crippen molar-refractivity contribution < 1.29 is 17.9 Å². The Morgan fingerprint density at radius 3 is 2.29 bits per heavy atom. The van der Waals surface area contributed by atoms with Gasteiger partial charge in [0.15, 0.2) is 5.11 Å². The number of benzene rings is 2. The highest BCUT2D eigenvalue weighted by molar-refractivity contribution is 7.89. The van der Waals surface area contributed by atoms with Crippen molar-refractivity contribution >= 4 is 45.0 Å². The van der Waals surface area contributed by atoms with Gasteiger partial charge in [-0.25, -0.2) is 8.42 Å². The second-order valence-corrected chi connectivity index (χ2v) is 9.39. The lowest BCUT2D eigenvalue weighted by molar-refractivity contribution is -0.115. The van der Waals surface area contributed by atoms with E-state index in [-0.39, 0.29) is 15.9 Å². The number of carbonyl (C=O) groups is 1. The molecule has 7 nitrogen and oxygen atoms in total. The molecule has 2 aromatic carbocycles. The van der Waals surface area contributed by atoms with E-state index in [2.05, 4.69) is 10.6 Å². The number of sulfonamides is 1. The average molecular weight is 460 g/mol. The summed E-state index contributed by atoms with van der Waals surface area (Å²) in [6.45, 7) is 1.12. The van der Waals surface area contributed by atoms with Crippen LogP contribution >= 0.6 is 12.2 Å². The molecule has 164 valence electrons. The Labute approximate surface area is 188 Å². The van der Waals surface area contributed by atoms with Crippen molar-refractivity contribution in [2.75, 3.05) is 25.5 Å². The molecule has 1 saturated heterocycles. The second kappa shape index (κ2) is 10.5. The van der Waals surface area contributed by atoms with E-state index in [1.54, 1.807) is 49.6 Å². The van der Waals surface area contributed by atoms with Gasteiger partial charge in [-0.05, 0) is 73.1 Å². The van der Waals surface area contributed by atoms with Crippen LogP contribution in [0.3, 0.4) is 0 Å². The lowest BCUT2D eigenvalue weighted by Crippen LogP contribution is -2.35. The number of thiocarbonyl (C=S) groups is 1. The van der Waals surface area contributed by atoms with Gasteiger partial charge >= 0.3 is 0 Å². The highest BCUT2D eigenvalue weighted by Gasteiger charge is 2.25. The molecular formula is C22H25N3O4S2. The number of anilines is 1. The van der Waals surface area contributed by atoms with Crippen LogP contribution in [0, 0.1) is 0 Å². The van der Waals surface area contributed by atoms with Gasteiger partial charge in [-0.3, -0.25) is 10.1 Å². The monoisotopic (exact) mass is 459 g/mol. The third-order valence-electron chi connectivity index (χ3n) is 4.84. The molecule has 1 fully saturated rings. The summed E-state index contributed by atoms with van der Waals surface area (Å²) in [5, 5.41) is 5.57. The molecule has 0 bridgehead atoms. The maximum atomic E-state index is 12.7. The van der Waals surface area contributed by atoms with Crippen LogP contribution in [-0.4, -0.2) is 43.9 Å². The van der Waals surface area contributed by atoms with E-state index in [9.17, 15) is 13.2 Å². The first-order chi connectivity index (χ1) is 14.9. The Morgan fingerprint density at radius 1 is 1.03 bits per heavy atom. The van der Waals surface area contributed by atoms with Crippen molar-refractivity contribution in [1.82, 2.24) is 9.62 Å². The van der Waals surface area contributed by atoms with Gasteiger partial charge in [0.2, 0.25) is 15.9 Å². The first kappa shape index (κ1) is 22.9. The maximum Gasteiger partial charge on any atom is 0.250 e. The number of ether oxygens (including phenoxy) is 1. The maximum absolute atomic E-state index is 12.7. The second-order valence-electron chi connectivity index (χ2n) is 7.04. The Kier molecular flexibility index (Phi) is 7.78. The minimum atomic E-state index is -3.48. The van der Waals surface area contributed by atoms with E-state index in [0.29, 0.717) is 18.8 Å². The quantitative estimate of drug-likeness (QED) is 0.509. The Hall–Kier alpha value is -2.75. The summed E-state index contributed by atoms with van der Waals surface area (Å²) in [6, 6.07) is 13.6. The number of amides is 1. The molecule has 31 heavy (non-hydrogen) atoms. The highest BCUT2D eigenvalue weighted by atomic mass is 32.2. The van der Waals surface area contributed by atoms with Crippen molar-refractivity contribution in [2.45, 2.75) is 24.2 Å². The first-order valence-electron chi connectivity index (χ1n) is 9.93. The number of nitrogens with zero attached hydrogens (tertiary/aromatic N) is 1. The Morgan fingerprint density at radius 2 is 1.68 bits per heavy atom. The number of hydrogen-bond acceptors (Lipinski definition) is 5. The summed E-state index contributed by atoms with van der Waals surface area (Å²) in [7, 11) is -1.89. The molecule has 0 saturated carbocycles. The zero-order chi connectivity index (χ0) is 22.3. The van der Waals surface area contributed by atoms with Crippen LogP contribution in [0.4, 0.5) is 5.69 Å². The normalized spacial score (nSPS) is 14.9. The lowest BCUT2D eigenvalue weighted by atomic mass is 10.2. The summed E-state index contributed by atoms with van der Waals surface area (Å²) < 4.78 is 32.0. The molecule has 9 heteroatoms. The van der Waals surface area contributed by atoms with Crippen LogP contribution in [-0.2, 0) is 14.8 Å². The fraction of sp³-hybridized carbons (Fsp3) is 0.273. The average Bonchev–Trinajstić information content (AvgIpc) is 2.79. The van der Waals surface area contributed by atoms with Crippen molar-refractivity contribution in [2.24, 2.45) is 0 Å². The van der Waals surface area contributed by atoms with Crippen LogP contribution in [0.1, 0.15) is 24.8 Å². The molecule has 2 aromatic rings. The molecule has 1 aliphatic heterocycles. The Balaban J connectivity index is 1.54. The molecule has 1 heterocycles. The van der Waals surface area contributed by atoms with E-state index in [4.69, 9.17) is 17.0 Å². The largest absolute Gasteiger partial charge is 0.497 e. The van der Waals surface area contributed by atoms with Crippen LogP contribution in [0.25, 0.3) is 6.08 Å². The molecule has 0 aromatic heterocycles. The van der Waals surface area contributed by atoms with Gasteiger partial charge in [0.25, 0.3) is 0 Å². The summed E-state index contributed by atoms with van der Waals surface area (Å²) in [5.74, 6) is 0.361. The zero-order valence-electron chi connectivity index (χ0n) is 17.2. The number of methoxy groups -OCH3 is 1.